The first kappa shape index (κ1) is 9.40. The molecule has 0 aromatic rings. The molecule has 2 aliphatic heterocycles. The zero-order chi connectivity index (χ0) is 9.42. The van der Waals surface area contributed by atoms with Crippen molar-refractivity contribution in [2.75, 3.05) is 13.9 Å². The number of hydrogen-bond acceptors (Lipinski definition) is 4. The van der Waals surface area contributed by atoms with Crippen LogP contribution in [0.15, 0.2) is 0 Å². The molecule has 2 rings (SSSR count). The summed E-state index contributed by atoms with van der Waals surface area (Å²) >= 11 is 0. The summed E-state index contributed by atoms with van der Waals surface area (Å²) in [6.45, 7) is 4.37. The van der Waals surface area contributed by atoms with Gasteiger partial charge in [0.25, 0.3) is 0 Å². The van der Waals surface area contributed by atoms with Crippen LogP contribution in [0.3, 0.4) is 0 Å². The predicted molar refractivity (Wildman–Crippen MR) is 45.4 cm³/mol. The highest BCUT2D eigenvalue weighted by Crippen LogP contribution is 2.30. The molecule has 2 fully saturated rings. The van der Waals surface area contributed by atoms with Gasteiger partial charge in [0.05, 0.1) is 12.2 Å². The quantitative estimate of drug-likeness (QED) is 0.602. The first-order valence-electron chi connectivity index (χ1n) is 4.65. The van der Waals surface area contributed by atoms with Gasteiger partial charge in [0.2, 0.25) is 0 Å². The summed E-state index contributed by atoms with van der Waals surface area (Å²) in [5.41, 5.74) is 0. The zero-order valence-electron chi connectivity index (χ0n) is 8.23. The minimum atomic E-state index is -0.0105. The summed E-state index contributed by atoms with van der Waals surface area (Å²) < 4.78 is 21.9. The zero-order valence-corrected chi connectivity index (χ0v) is 8.23. The second kappa shape index (κ2) is 3.53. The van der Waals surface area contributed by atoms with E-state index >= 15 is 0 Å². The number of fused-ring (bicyclic) bond motifs is 1. The summed E-state index contributed by atoms with van der Waals surface area (Å²) in [6, 6.07) is 0. The predicted octanol–water partition coefficient (Wildman–Crippen LogP) is 0.550. The number of methoxy groups -OCH3 is 1. The molecule has 2 heterocycles. The fourth-order valence-corrected chi connectivity index (χ4v) is 2.16. The summed E-state index contributed by atoms with van der Waals surface area (Å²) in [5, 5.41) is 0. The lowest BCUT2D eigenvalue weighted by Crippen LogP contribution is -2.54. The molecule has 13 heavy (non-hydrogen) atoms. The third-order valence-electron chi connectivity index (χ3n) is 2.80. The van der Waals surface area contributed by atoms with Gasteiger partial charge in [-0.05, 0) is 13.8 Å². The lowest BCUT2D eigenvalue weighted by atomic mass is 9.96. The summed E-state index contributed by atoms with van der Waals surface area (Å²) in [4.78, 5) is 0. The maximum Gasteiger partial charge on any atom is 0.148 e. The van der Waals surface area contributed by atoms with Crippen LogP contribution in [0.25, 0.3) is 0 Å². The van der Waals surface area contributed by atoms with E-state index in [-0.39, 0.29) is 30.5 Å². The third-order valence-corrected chi connectivity index (χ3v) is 2.80. The van der Waals surface area contributed by atoms with Crippen LogP contribution in [0.5, 0.6) is 0 Å². The van der Waals surface area contributed by atoms with Crippen LogP contribution >= 0.6 is 0 Å². The van der Waals surface area contributed by atoms with Crippen LogP contribution in [-0.4, -0.2) is 44.4 Å². The molecular formula is C9H16O4. The topological polar surface area (TPSA) is 36.9 Å². The van der Waals surface area contributed by atoms with Crippen molar-refractivity contribution in [3.63, 3.8) is 0 Å². The molecule has 1 unspecified atom stereocenters. The molecular weight excluding hydrogens is 172 g/mol. The smallest absolute Gasteiger partial charge is 0.148 e. The molecule has 2 aliphatic rings. The molecule has 0 N–H and O–H groups in total. The Morgan fingerprint density at radius 3 is 2.46 bits per heavy atom. The molecule has 0 bridgehead atoms. The van der Waals surface area contributed by atoms with Gasteiger partial charge in [-0.3, -0.25) is 0 Å². The molecule has 0 aromatic carbocycles. The van der Waals surface area contributed by atoms with Crippen LogP contribution in [-0.2, 0) is 18.9 Å². The van der Waals surface area contributed by atoms with Crippen molar-refractivity contribution in [1.29, 1.82) is 0 Å². The average molecular weight is 188 g/mol. The van der Waals surface area contributed by atoms with Gasteiger partial charge >= 0.3 is 0 Å². The molecule has 0 aliphatic carbocycles. The highest BCUT2D eigenvalue weighted by Gasteiger charge is 2.47. The van der Waals surface area contributed by atoms with E-state index in [0.717, 1.165) is 0 Å². The first-order valence-corrected chi connectivity index (χ1v) is 4.65. The molecule has 0 amide bonds. The van der Waals surface area contributed by atoms with Crippen molar-refractivity contribution in [1.82, 2.24) is 0 Å². The van der Waals surface area contributed by atoms with Crippen molar-refractivity contribution in [3.8, 4) is 0 Å². The standard InChI is InChI=1S/C9H16O4/c1-5-7(10-3)9-8(6(2)13-5)11-4-12-9/h5-9H,4H2,1-3H3/t5-,6?,7-,8-,9-/m0/s1. The highest BCUT2D eigenvalue weighted by atomic mass is 16.7. The van der Waals surface area contributed by atoms with E-state index in [0.29, 0.717) is 6.79 Å². The molecule has 0 radical (unpaired) electrons. The Labute approximate surface area is 78.1 Å². The summed E-state index contributed by atoms with van der Waals surface area (Å²) in [5.74, 6) is 0. The Kier molecular flexibility index (Phi) is 2.55. The number of rotatable bonds is 1. The molecule has 4 nitrogen and oxygen atoms in total. The van der Waals surface area contributed by atoms with Crippen molar-refractivity contribution in [3.05, 3.63) is 0 Å². The fourth-order valence-electron chi connectivity index (χ4n) is 2.16. The second-order valence-corrected chi connectivity index (χ2v) is 3.63. The van der Waals surface area contributed by atoms with Gasteiger partial charge in [0.15, 0.2) is 0 Å². The van der Waals surface area contributed by atoms with Gasteiger partial charge in [-0.15, -0.1) is 0 Å². The molecule has 0 spiro atoms. The average Bonchev–Trinajstić information content (AvgIpc) is 2.53. The van der Waals surface area contributed by atoms with Crippen molar-refractivity contribution in [2.45, 2.75) is 44.4 Å². The van der Waals surface area contributed by atoms with Gasteiger partial charge in [-0.25, -0.2) is 0 Å². The Bertz CT molecular complexity index is 184. The molecule has 76 valence electrons. The SMILES string of the molecule is CO[C@@H]1[C@@H]2OCO[C@H]2C(C)O[C@H]1C. The molecule has 4 heteroatoms. The fraction of sp³-hybridized carbons (Fsp3) is 1.00. The van der Waals surface area contributed by atoms with Crippen molar-refractivity contribution >= 4 is 0 Å². The lowest BCUT2D eigenvalue weighted by molar-refractivity contribution is -0.184. The van der Waals surface area contributed by atoms with E-state index in [1.54, 1.807) is 7.11 Å². The third kappa shape index (κ3) is 1.48. The van der Waals surface area contributed by atoms with Crippen LogP contribution in [0, 0.1) is 0 Å². The van der Waals surface area contributed by atoms with Crippen LogP contribution < -0.4 is 0 Å². The Balaban J connectivity index is 2.12. The van der Waals surface area contributed by atoms with E-state index in [4.69, 9.17) is 18.9 Å². The summed E-state index contributed by atoms with van der Waals surface area (Å²) in [6.07, 6.45) is 0.213. The van der Waals surface area contributed by atoms with E-state index in [2.05, 4.69) is 0 Å². The van der Waals surface area contributed by atoms with Gasteiger partial charge in [-0.2, -0.15) is 0 Å². The molecule has 0 saturated carbocycles. The Hall–Kier alpha value is -0.160. The minimum absolute atomic E-state index is 0.0105. The van der Waals surface area contributed by atoms with Crippen molar-refractivity contribution in [2.24, 2.45) is 0 Å². The summed E-state index contributed by atoms with van der Waals surface area (Å²) in [7, 11) is 1.68. The highest BCUT2D eigenvalue weighted by molar-refractivity contribution is 4.93. The second-order valence-electron chi connectivity index (χ2n) is 3.63. The van der Waals surface area contributed by atoms with E-state index < -0.39 is 0 Å². The van der Waals surface area contributed by atoms with Crippen molar-refractivity contribution < 1.29 is 18.9 Å². The molecule has 2 saturated heterocycles. The number of ether oxygens (including phenoxy) is 4. The van der Waals surface area contributed by atoms with Gasteiger partial charge in [0, 0.05) is 7.11 Å². The van der Waals surface area contributed by atoms with Crippen LogP contribution in [0.2, 0.25) is 0 Å². The monoisotopic (exact) mass is 188 g/mol. The lowest BCUT2D eigenvalue weighted by Gasteiger charge is -2.39. The van der Waals surface area contributed by atoms with Gasteiger partial charge in [0.1, 0.15) is 25.1 Å². The largest absolute Gasteiger partial charge is 0.376 e. The Morgan fingerprint density at radius 1 is 1.08 bits per heavy atom. The van der Waals surface area contributed by atoms with E-state index in [9.17, 15) is 0 Å². The minimum Gasteiger partial charge on any atom is -0.376 e. The van der Waals surface area contributed by atoms with Crippen LogP contribution in [0.4, 0.5) is 0 Å². The van der Waals surface area contributed by atoms with Gasteiger partial charge < -0.3 is 18.9 Å². The normalized spacial score (nSPS) is 50.5. The van der Waals surface area contributed by atoms with Gasteiger partial charge in [-0.1, -0.05) is 0 Å². The molecule has 0 aromatic heterocycles. The molecule has 5 atom stereocenters. The Morgan fingerprint density at radius 2 is 1.77 bits per heavy atom. The maximum atomic E-state index is 5.67. The van der Waals surface area contributed by atoms with E-state index in [1.807, 2.05) is 13.8 Å². The maximum absolute atomic E-state index is 5.67. The van der Waals surface area contributed by atoms with E-state index in [1.165, 1.54) is 0 Å². The number of hydrogen-bond donors (Lipinski definition) is 0. The first-order chi connectivity index (χ1) is 6.24. The van der Waals surface area contributed by atoms with Crippen LogP contribution in [0.1, 0.15) is 13.8 Å².